The fourth-order valence-corrected chi connectivity index (χ4v) is 2.73. The highest BCUT2D eigenvalue weighted by Gasteiger charge is 1.96. The van der Waals surface area contributed by atoms with Gasteiger partial charge in [-0.1, -0.05) is 32.6 Å². The zero-order chi connectivity index (χ0) is 29.8. The van der Waals surface area contributed by atoms with Gasteiger partial charge in [-0.15, -0.1) is 0 Å². The van der Waals surface area contributed by atoms with Crippen LogP contribution in [0.1, 0.15) is 39.0 Å². The lowest BCUT2D eigenvalue weighted by molar-refractivity contribution is -0.0255. The molecule has 0 unspecified atom stereocenters. The number of unbranched alkanes of at least 4 members (excludes halogenated alkanes) is 4. The monoisotopic (exact) mass is 610 g/mol. The third-order valence-electron chi connectivity index (χ3n) is 4.60. The molecule has 40 heavy (non-hydrogen) atoms. The summed E-state index contributed by atoms with van der Waals surface area (Å²) in [5.41, 5.74) is 0. The summed E-state index contributed by atoms with van der Waals surface area (Å²) in [5.74, 6) is 0. The normalized spacial score (nSPS) is 11.5. The summed E-state index contributed by atoms with van der Waals surface area (Å²) in [6.07, 6.45) is 6.29. The Labute approximate surface area is 240 Å². The van der Waals surface area contributed by atoms with Gasteiger partial charge in [0.25, 0.3) is 0 Å². The third kappa shape index (κ3) is 50.3. The Bertz CT molecular complexity index is 514. The lowest BCUT2D eigenvalue weighted by Gasteiger charge is -2.09. The van der Waals surface area contributed by atoms with E-state index in [1.807, 2.05) is 0 Å². The highest BCUT2D eigenvalue weighted by Crippen LogP contribution is 2.02. The largest absolute Gasteiger partial charge is 0.394 e. The lowest BCUT2D eigenvalue weighted by atomic mass is 10.2. The van der Waals surface area contributed by atoms with E-state index in [2.05, 4.69) is 6.92 Å². The number of ether oxygens (including phenoxy) is 9. The van der Waals surface area contributed by atoms with E-state index >= 15 is 0 Å². The molecule has 0 aliphatic heterocycles. The molecule has 0 rings (SSSR count). The van der Waals surface area contributed by atoms with E-state index in [0.717, 1.165) is 13.0 Å². The van der Waals surface area contributed by atoms with Gasteiger partial charge < -0.3 is 47.7 Å². The Kier molecular flexibility index (Phi) is 38.0. The van der Waals surface area contributed by atoms with E-state index in [0.29, 0.717) is 112 Å². The minimum absolute atomic E-state index is 0.0324. The zero-order valence-electron chi connectivity index (χ0n) is 24.2. The van der Waals surface area contributed by atoms with Crippen LogP contribution in [0.2, 0.25) is 0 Å². The Morgan fingerprint density at radius 1 is 0.400 bits per heavy atom. The molecule has 0 radical (unpaired) electrons. The van der Waals surface area contributed by atoms with E-state index in [4.69, 9.17) is 65.3 Å². The topological polar surface area (TPSA) is 178 Å². The predicted octanol–water partition coefficient (Wildman–Crippen LogP) is 1.45. The fraction of sp³-hybridized carbons (Fsp3) is 1.00. The summed E-state index contributed by atoms with van der Waals surface area (Å²) in [6, 6.07) is 0. The summed E-state index contributed by atoms with van der Waals surface area (Å²) in [4.78, 5) is 0. The molecule has 0 aromatic rings. The number of hydrogen-bond donors (Lipinski definition) is 3. The average Bonchev–Trinajstić information content (AvgIpc) is 2.91. The Balaban J connectivity index is 0. The van der Waals surface area contributed by atoms with Crippen molar-refractivity contribution in [1.29, 1.82) is 0 Å². The first-order valence-corrected chi connectivity index (χ1v) is 15.3. The number of rotatable bonds is 32. The Hall–Kier alpha value is -0.530. The third-order valence-corrected chi connectivity index (χ3v) is 4.60. The van der Waals surface area contributed by atoms with Crippen LogP contribution in [0.3, 0.4) is 0 Å². The SMILES string of the molecule is CCCCCCCOCCOCCOCCOCCOCCOCCOCCOCCOCCO.O=S(=O)(O)O. The van der Waals surface area contributed by atoms with Crippen molar-refractivity contribution in [3.05, 3.63) is 0 Å². The zero-order valence-corrected chi connectivity index (χ0v) is 25.0. The van der Waals surface area contributed by atoms with Crippen molar-refractivity contribution in [2.75, 3.05) is 126 Å². The van der Waals surface area contributed by atoms with Crippen molar-refractivity contribution in [2.24, 2.45) is 0 Å². The van der Waals surface area contributed by atoms with Gasteiger partial charge in [-0.3, -0.25) is 9.11 Å². The van der Waals surface area contributed by atoms with Crippen molar-refractivity contribution in [3.8, 4) is 0 Å². The van der Waals surface area contributed by atoms with Gasteiger partial charge in [0.2, 0.25) is 0 Å². The van der Waals surface area contributed by atoms with Crippen molar-refractivity contribution < 1.29 is 65.3 Å². The molecule has 0 fully saturated rings. The summed E-state index contributed by atoms with van der Waals surface area (Å²) in [6.45, 7) is 12.1. The molecule has 0 amide bonds. The van der Waals surface area contributed by atoms with Crippen LogP contribution in [0.5, 0.6) is 0 Å². The molecule has 0 spiro atoms. The highest BCUT2D eigenvalue weighted by molar-refractivity contribution is 7.79. The number of aliphatic hydroxyl groups is 1. The van der Waals surface area contributed by atoms with E-state index in [1.54, 1.807) is 0 Å². The minimum Gasteiger partial charge on any atom is -0.394 e. The van der Waals surface area contributed by atoms with Gasteiger partial charge in [-0.25, -0.2) is 0 Å². The van der Waals surface area contributed by atoms with Crippen molar-refractivity contribution in [3.63, 3.8) is 0 Å². The molecule has 0 bridgehead atoms. The van der Waals surface area contributed by atoms with Gasteiger partial charge in [0.1, 0.15) is 0 Å². The maximum atomic E-state index is 8.74. The molecule has 0 heterocycles. The predicted molar refractivity (Wildman–Crippen MR) is 147 cm³/mol. The average molecular weight is 611 g/mol. The summed E-state index contributed by atoms with van der Waals surface area (Å²) >= 11 is 0. The summed E-state index contributed by atoms with van der Waals surface area (Å²) in [5, 5.41) is 8.55. The van der Waals surface area contributed by atoms with Gasteiger partial charge >= 0.3 is 10.4 Å². The second-order valence-corrected chi connectivity index (χ2v) is 8.99. The van der Waals surface area contributed by atoms with Gasteiger partial charge in [0.05, 0.1) is 119 Å². The molecule has 0 aliphatic carbocycles. The Morgan fingerprint density at radius 2 is 0.625 bits per heavy atom. The van der Waals surface area contributed by atoms with Crippen LogP contribution in [0.15, 0.2) is 0 Å². The molecular formula is C25H54O14S. The van der Waals surface area contributed by atoms with Gasteiger partial charge in [-0.05, 0) is 6.42 Å². The minimum atomic E-state index is -4.67. The van der Waals surface area contributed by atoms with Crippen molar-refractivity contribution >= 4 is 10.4 Å². The van der Waals surface area contributed by atoms with Crippen molar-refractivity contribution in [2.45, 2.75) is 39.0 Å². The van der Waals surface area contributed by atoms with Crippen LogP contribution in [0.25, 0.3) is 0 Å². The van der Waals surface area contributed by atoms with Crippen LogP contribution in [-0.4, -0.2) is 148 Å². The molecule has 0 aliphatic rings. The maximum Gasteiger partial charge on any atom is 0.394 e. The second kappa shape index (κ2) is 36.5. The van der Waals surface area contributed by atoms with Gasteiger partial charge in [0, 0.05) is 6.61 Å². The van der Waals surface area contributed by atoms with E-state index < -0.39 is 10.4 Å². The van der Waals surface area contributed by atoms with Crippen LogP contribution in [0, 0.1) is 0 Å². The molecule has 14 nitrogen and oxygen atoms in total. The molecule has 0 saturated heterocycles. The number of aliphatic hydroxyl groups excluding tert-OH is 1. The summed E-state index contributed by atoms with van der Waals surface area (Å²) in [7, 11) is -4.67. The fourth-order valence-electron chi connectivity index (χ4n) is 2.73. The van der Waals surface area contributed by atoms with Crippen molar-refractivity contribution in [1.82, 2.24) is 0 Å². The molecular weight excluding hydrogens is 556 g/mol. The molecule has 0 saturated carbocycles. The Morgan fingerprint density at radius 3 is 0.875 bits per heavy atom. The van der Waals surface area contributed by atoms with Gasteiger partial charge in [-0.2, -0.15) is 8.42 Å². The molecule has 0 atom stereocenters. The quantitative estimate of drug-likeness (QED) is 0.0736. The first-order chi connectivity index (χ1) is 19.4. The first kappa shape index (κ1) is 41.6. The lowest BCUT2D eigenvalue weighted by Crippen LogP contribution is -2.15. The van der Waals surface area contributed by atoms with E-state index in [9.17, 15) is 0 Å². The van der Waals surface area contributed by atoms with Crippen LogP contribution < -0.4 is 0 Å². The van der Waals surface area contributed by atoms with E-state index in [-0.39, 0.29) is 6.61 Å². The first-order valence-electron chi connectivity index (χ1n) is 13.9. The standard InChI is InChI=1S/C25H52O10.H2O4S/c1-2-3-4-5-6-8-27-10-12-29-14-16-31-18-20-33-22-24-35-25-23-34-21-19-32-17-15-30-13-11-28-9-7-26;1-5(2,3)4/h26H,2-25H2,1H3;(H2,1,2,3,4). The molecule has 0 aromatic heterocycles. The van der Waals surface area contributed by atoms with E-state index in [1.165, 1.54) is 25.7 Å². The highest BCUT2D eigenvalue weighted by atomic mass is 32.3. The molecule has 15 heteroatoms. The van der Waals surface area contributed by atoms with Gasteiger partial charge in [0.15, 0.2) is 0 Å². The second-order valence-electron chi connectivity index (χ2n) is 8.10. The number of hydrogen-bond acceptors (Lipinski definition) is 12. The molecule has 0 aromatic carbocycles. The maximum absolute atomic E-state index is 8.74. The summed E-state index contributed by atoms with van der Waals surface area (Å²) < 4.78 is 80.2. The smallest absolute Gasteiger partial charge is 0.394 e. The molecule has 244 valence electrons. The van der Waals surface area contributed by atoms with Crippen LogP contribution in [0.4, 0.5) is 0 Å². The van der Waals surface area contributed by atoms with Crippen LogP contribution in [-0.2, 0) is 53.0 Å². The molecule has 3 N–H and O–H groups in total. The van der Waals surface area contributed by atoms with Crippen LogP contribution >= 0.6 is 0 Å².